The average Bonchev–Trinajstić information content (AvgIpc) is 2.66. The number of nitrogens with zero attached hydrogens (tertiary/aromatic N) is 3. The molecule has 2 aliphatic rings. The maximum atomic E-state index is 13.1. The third-order valence-corrected chi connectivity index (χ3v) is 6.81. The number of aliphatic hydroxyl groups is 1. The summed E-state index contributed by atoms with van der Waals surface area (Å²) in [7, 11) is 0. The first-order valence-electron chi connectivity index (χ1n) is 10.9. The molecule has 1 aliphatic heterocycles. The molecule has 3 rings (SSSR count). The molecule has 0 unspecified atom stereocenters. The summed E-state index contributed by atoms with van der Waals surface area (Å²) >= 11 is 0. The number of halogens is 3. The van der Waals surface area contributed by atoms with Crippen LogP contribution in [-0.2, 0) is 11.0 Å². The van der Waals surface area contributed by atoms with Gasteiger partial charge in [0.25, 0.3) is 0 Å². The van der Waals surface area contributed by atoms with E-state index >= 15 is 0 Å². The Morgan fingerprint density at radius 1 is 1.19 bits per heavy atom. The van der Waals surface area contributed by atoms with Crippen LogP contribution in [0.4, 0.5) is 19.1 Å². The molecule has 0 radical (unpaired) electrons. The van der Waals surface area contributed by atoms with Crippen molar-refractivity contribution in [3.8, 4) is 0 Å². The van der Waals surface area contributed by atoms with E-state index < -0.39 is 22.8 Å². The van der Waals surface area contributed by atoms with Crippen LogP contribution >= 0.6 is 0 Å². The van der Waals surface area contributed by atoms with Crippen molar-refractivity contribution in [1.29, 1.82) is 0 Å². The normalized spacial score (nSPS) is 27.1. The van der Waals surface area contributed by atoms with Gasteiger partial charge in [-0.2, -0.15) is 13.2 Å². The molecule has 9 heteroatoms. The zero-order chi connectivity index (χ0) is 23.0. The molecule has 0 bridgehead atoms. The summed E-state index contributed by atoms with van der Waals surface area (Å²) in [6.07, 6.45) is 1.34. The number of piperidine rings is 1. The quantitative estimate of drug-likeness (QED) is 0.742. The SMILES string of the molecule is CC(C)(O)[C@H]1CCC[C@H](NC(=O)[C@H]2CCN(c3ncc(C(F)(F)F)cn3)CC2(C)C)C1. The molecule has 1 aliphatic carbocycles. The van der Waals surface area contributed by atoms with Crippen molar-refractivity contribution in [3.63, 3.8) is 0 Å². The number of alkyl halides is 3. The van der Waals surface area contributed by atoms with Gasteiger partial charge in [-0.3, -0.25) is 4.79 Å². The third-order valence-electron chi connectivity index (χ3n) is 6.81. The molecule has 2 heterocycles. The monoisotopic (exact) mass is 442 g/mol. The lowest BCUT2D eigenvalue weighted by atomic mass is 9.72. The highest BCUT2D eigenvalue weighted by atomic mass is 19.4. The van der Waals surface area contributed by atoms with E-state index in [0.717, 1.165) is 38.1 Å². The minimum Gasteiger partial charge on any atom is -0.390 e. The van der Waals surface area contributed by atoms with Gasteiger partial charge in [0.05, 0.1) is 11.2 Å². The van der Waals surface area contributed by atoms with Crippen molar-refractivity contribution in [3.05, 3.63) is 18.0 Å². The first-order chi connectivity index (χ1) is 14.3. The number of nitrogens with one attached hydrogen (secondary N) is 1. The van der Waals surface area contributed by atoms with Crippen LogP contribution in [0.5, 0.6) is 0 Å². The maximum absolute atomic E-state index is 13.1. The molecule has 2 N–H and O–H groups in total. The average molecular weight is 443 g/mol. The van der Waals surface area contributed by atoms with Gasteiger partial charge in [-0.25, -0.2) is 9.97 Å². The molecule has 0 aromatic carbocycles. The molecule has 6 nitrogen and oxygen atoms in total. The van der Waals surface area contributed by atoms with Crippen molar-refractivity contribution < 1.29 is 23.1 Å². The Bertz CT molecular complexity index is 774. The first kappa shape index (κ1) is 23.8. The second-order valence-corrected chi connectivity index (χ2v) is 10.2. The second-order valence-electron chi connectivity index (χ2n) is 10.2. The van der Waals surface area contributed by atoms with Crippen molar-refractivity contribution in [1.82, 2.24) is 15.3 Å². The third kappa shape index (κ3) is 5.67. The molecule has 3 atom stereocenters. The predicted molar refractivity (Wildman–Crippen MR) is 111 cm³/mol. The maximum Gasteiger partial charge on any atom is 0.419 e. The molecule has 1 aromatic rings. The molecule has 1 aromatic heterocycles. The van der Waals surface area contributed by atoms with Gasteiger partial charge in [0, 0.05) is 37.4 Å². The number of carbonyl (C=O) groups excluding carboxylic acids is 1. The molecular weight excluding hydrogens is 409 g/mol. The van der Waals surface area contributed by atoms with Crippen molar-refractivity contribution >= 4 is 11.9 Å². The van der Waals surface area contributed by atoms with Gasteiger partial charge in [-0.1, -0.05) is 20.3 Å². The summed E-state index contributed by atoms with van der Waals surface area (Å²) < 4.78 is 38.3. The highest BCUT2D eigenvalue weighted by molar-refractivity contribution is 5.80. The van der Waals surface area contributed by atoms with E-state index in [0.29, 0.717) is 19.5 Å². The van der Waals surface area contributed by atoms with Gasteiger partial charge in [0.15, 0.2) is 0 Å². The Kier molecular flexibility index (Phi) is 6.56. The molecule has 1 saturated heterocycles. The van der Waals surface area contributed by atoms with Crippen LogP contribution in [0, 0.1) is 17.3 Å². The fourth-order valence-electron chi connectivity index (χ4n) is 4.91. The summed E-state index contributed by atoms with van der Waals surface area (Å²) in [5.74, 6) is 0.221. The Morgan fingerprint density at radius 2 is 1.84 bits per heavy atom. The van der Waals surface area contributed by atoms with Crippen LogP contribution in [0.2, 0.25) is 0 Å². The smallest absolute Gasteiger partial charge is 0.390 e. The molecule has 31 heavy (non-hydrogen) atoms. The molecule has 174 valence electrons. The van der Waals surface area contributed by atoms with Gasteiger partial charge in [-0.15, -0.1) is 0 Å². The van der Waals surface area contributed by atoms with Crippen molar-refractivity contribution in [2.24, 2.45) is 17.3 Å². The number of rotatable bonds is 4. The Balaban J connectivity index is 1.61. The minimum atomic E-state index is -4.47. The van der Waals surface area contributed by atoms with E-state index in [9.17, 15) is 23.1 Å². The summed E-state index contributed by atoms with van der Waals surface area (Å²) in [6.45, 7) is 8.62. The topological polar surface area (TPSA) is 78.4 Å². The van der Waals surface area contributed by atoms with E-state index in [-0.39, 0.29) is 29.7 Å². The molecular formula is C22H33F3N4O2. The number of aromatic nitrogens is 2. The number of hydrogen-bond donors (Lipinski definition) is 2. The number of anilines is 1. The van der Waals surface area contributed by atoms with Gasteiger partial charge >= 0.3 is 6.18 Å². The van der Waals surface area contributed by atoms with Crippen LogP contribution in [0.3, 0.4) is 0 Å². The molecule has 1 saturated carbocycles. The van der Waals surface area contributed by atoms with Crippen molar-refractivity contribution in [2.45, 2.75) is 77.6 Å². The Labute approximate surface area is 181 Å². The van der Waals surface area contributed by atoms with Crippen molar-refractivity contribution in [2.75, 3.05) is 18.0 Å². The fraction of sp³-hybridized carbons (Fsp3) is 0.773. The standard InChI is InChI=1S/C22H33F3N4O2/c1-20(2)13-29(19-26-11-15(12-27-19)22(23,24)25)9-8-17(20)18(30)28-16-7-5-6-14(10-16)21(3,4)31/h11-12,14,16-17,31H,5-10,13H2,1-4H3,(H,28,30)/t14-,16-,17+/m0/s1. The fourth-order valence-corrected chi connectivity index (χ4v) is 4.91. The van der Waals surface area contributed by atoms with E-state index in [1.54, 1.807) is 0 Å². The molecule has 0 spiro atoms. The lowest BCUT2D eigenvalue weighted by Gasteiger charge is -2.44. The number of amides is 1. The first-order valence-corrected chi connectivity index (χ1v) is 10.9. The second kappa shape index (κ2) is 8.56. The lowest BCUT2D eigenvalue weighted by Crippen LogP contribution is -2.53. The van der Waals surface area contributed by atoms with Crippen LogP contribution in [0.15, 0.2) is 12.4 Å². The zero-order valence-electron chi connectivity index (χ0n) is 18.7. The molecule has 2 fully saturated rings. The van der Waals surface area contributed by atoms with Crippen LogP contribution < -0.4 is 10.2 Å². The van der Waals surface area contributed by atoms with Gasteiger partial charge in [-0.05, 0) is 50.9 Å². The Hall–Kier alpha value is -1.90. The van der Waals surface area contributed by atoms with E-state index in [4.69, 9.17) is 0 Å². The van der Waals surface area contributed by atoms with Crippen LogP contribution in [0.25, 0.3) is 0 Å². The van der Waals surface area contributed by atoms with Gasteiger partial charge in [0.1, 0.15) is 0 Å². The largest absolute Gasteiger partial charge is 0.419 e. The summed E-state index contributed by atoms with van der Waals surface area (Å²) in [5, 5.41) is 13.5. The number of hydrogen-bond acceptors (Lipinski definition) is 5. The summed E-state index contributed by atoms with van der Waals surface area (Å²) in [6, 6.07) is 0.0600. The summed E-state index contributed by atoms with van der Waals surface area (Å²) in [5.41, 5.74) is -2.02. The highest BCUT2D eigenvalue weighted by Gasteiger charge is 2.42. The zero-order valence-corrected chi connectivity index (χ0v) is 18.7. The van der Waals surface area contributed by atoms with Crippen LogP contribution in [0.1, 0.15) is 65.4 Å². The van der Waals surface area contributed by atoms with E-state index in [1.165, 1.54) is 0 Å². The lowest BCUT2D eigenvalue weighted by molar-refractivity contribution is -0.138. The summed E-state index contributed by atoms with van der Waals surface area (Å²) in [4.78, 5) is 22.7. The van der Waals surface area contributed by atoms with Crippen LogP contribution in [-0.4, -0.2) is 45.7 Å². The van der Waals surface area contributed by atoms with E-state index in [1.807, 2.05) is 32.6 Å². The van der Waals surface area contributed by atoms with Gasteiger partial charge < -0.3 is 15.3 Å². The van der Waals surface area contributed by atoms with Gasteiger partial charge in [0.2, 0.25) is 11.9 Å². The minimum absolute atomic E-state index is 0.0133. The molecule has 1 amide bonds. The number of carbonyl (C=O) groups is 1. The highest BCUT2D eigenvalue weighted by Crippen LogP contribution is 2.38. The van der Waals surface area contributed by atoms with E-state index in [2.05, 4.69) is 15.3 Å². The predicted octanol–water partition coefficient (Wildman–Crippen LogP) is 3.79. The Morgan fingerprint density at radius 3 is 2.39 bits per heavy atom.